The first-order valence-corrected chi connectivity index (χ1v) is 9.90. The van der Waals surface area contributed by atoms with Gasteiger partial charge in [-0.3, -0.25) is 0 Å². The molecule has 0 spiro atoms. The van der Waals surface area contributed by atoms with Crippen molar-refractivity contribution in [2.45, 2.75) is 30.7 Å². The fourth-order valence-corrected chi connectivity index (χ4v) is 4.17. The number of aryl methyl sites for hydroxylation is 1. The van der Waals surface area contributed by atoms with E-state index in [2.05, 4.69) is 46.4 Å². The van der Waals surface area contributed by atoms with Crippen LogP contribution in [0.2, 0.25) is 0 Å². The van der Waals surface area contributed by atoms with Crippen LogP contribution in [0.1, 0.15) is 31.0 Å². The van der Waals surface area contributed by atoms with E-state index in [4.69, 9.17) is 0 Å². The van der Waals surface area contributed by atoms with E-state index in [1.165, 1.54) is 23.9 Å². The zero-order valence-electron chi connectivity index (χ0n) is 13.5. The second kappa shape index (κ2) is 6.40. The summed E-state index contributed by atoms with van der Waals surface area (Å²) in [5.74, 6) is 0.231. The molecule has 0 aliphatic rings. The molecule has 3 rings (SSSR count). The van der Waals surface area contributed by atoms with Crippen LogP contribution in [0, 0.1) is 0 Å². The Kier molecular flexibility index (Phi) is 4.46. The highest BCUT2D eigenvalue weighted by Gasteiger charge is 2.22. The lowest BCUT2D eigenvalue weighted by Gasteiger charge is -2.05. The molecule has 0 N–H and O–H groups in total. The first-order chi connectivity index (χ1) is 11.3. The maximum atomic E-state index is 12.3. The van der Waals surface area contributed by atoms with E-state index in [0.29, 0.717) is 11.6 Å². The van der Waals surface area contributed by atoms with E-state index in [-0.39, 0.29) is 10.9 Å². The molecule has 0 aliphatic heterocycles. The van der Waals surface area contributed by atoms with Gasteiger partial charge in [-0.2, -0.15) is 4.80 Å². The normalized spacial score (nSPS) is 12.0. The third kappa shape index (κ3) is 3.51. The smallest absolute Gasteiger partial charge is 0.240 e. The summed E-state index contributed by atoms with van der Waals surface area (Å²) in [6.07, 6.45) is 0. The van der Waals surface area contributed by atoms with Crippen molar-refractivity contribution in [2.75, 3.05) is 0 Å². The van der Waals surface area contributed by atoms with Gasteiger partial charge in [0.2, 0.25) is 9.84 Å². The minimum Gasteiger partial charge on any atom is -0.240 e. The second-order valence-corrected chi connectivity index (χ2v) is 8.48. The Bertz CT molecular complexity index is 942. The van der Waals surface area contributed by atoms with Crippen LogP contribution >= 0.6 is 11.3 Å². The molecule has 7 nitrogen and oxygen atoms in total. The third-order valence-corrected chi connectivity index (χ3v) is 5.82. The molecule has 0 aliphatic carbocycles. The van der Waals surface area contributed by atoms with Gasteiger partial charge in [-0.05, 0) is 16.7 Å². The molecule has 0 radical (unpaired) electrons. The zero-order valence-corrected chi connectivity index (χ0v) is 15.2. The molecular formula is C15H17N5O2S2. The van der Waals surface area contributed by atoms with Crippen molar-refractivity contribution in [3.8, 4) is 10.6 Å². The van der Waals surface area contributed by atoms with Gasteiger partial charge in [0.1, 0.15) is 10.8 Å². The molecule has 2 aromatic heterocycles. The third-order valence-electron chi connectivity index (χ3n) is 3.48. The fraction of sp³-hybridized carbons (Fsp3) is 0.333. The minimum atomic E-state index is -3.64. The van der Waals surface area contributed by atoms with Gasteiger partial charge >= 0.3 is 0 Å². The summed E-state index contributed by atoms with van der Waals surface area (Å²) in [6, 6.07) is 8.16. The van der Waals surface area contributed by atoms with E-state index in [1.807, 2.05) is 12.1 Å². The average molecular weight is 363 g/mol. The van der Waals surface area contributed by atoms with E-state index < -0.39 is 9.84 Å². The van der Waals surface area contributed by atoms with Crippen LogP contribution in [0.3, 0.4) is 0 Å². The van der Waals surface area contributed by atoms with Crippen molar-refractivity contribution < 1.29 is 8.42 Å². The predicted octanol–water partition coefficient (Wildman–Crippen LogP) is 2.43. The molecule has 0 fully saturated rings. The Morgan fingerprint density at radius 2 is 1.92 bits per heavy atom. The number of tetrazole rings is 1. The monoisotopic (exact) mass is 363 g/mol. The molecule has 0 amide bonds. The van der Waals surface area contributed by atoms with E-state index in [1.54, 1.807) is 5.38 Å². The Morgan fingerprint density at radius 1 is 1.21 bits per heavy atom. The first-order valence-electron chi connectivity index (χ1n) is 7.36. The van der Waals surface area contributed by atoms with Crippen LogP contribution in [0.15, 0.2) is 34.8 Å². The highest BCUT2D eigenvalue weighted by Crippen LogP contribution is 2.26. The lowest BCUT2D eigenvalue weighted by molar-refractivity contribution is 0.581. The van der Waals surface area contributed by atoms with Gasteiger partial charge in [0.15, 0.2) is 0 Å². The van der Waals surface area contributed by atoms with Gasteiger partial charge in [0, 0.05) is 10.9 Å². The molecule has 0 saturated heterocycles. The Morgan fingerprint density at radius 3 is 2.50 bits per heavy atom. The van der Waals surface area contributed by atoms with Crippen LogP contribution in [-0.2, 0) is 22.6 Å². The molecule has 3 aromatic rings. The van der Waals surface area contributed by atoms with Crippen LogP contribution in [-0.4, -0.2) is 33.6 Å². The van der Waals surface area contributed by atoms with Gasteiger partial charge in [0.25, 0.3) is 5.16 Å². The van der Waals surface area contributed by atoms with Crippen molar-refractivity contribution in [1.82, 2.24) is 25.2 Å². The first kappa shape index (κ1) is 16.7. The molecule has 24 heavy (non-hydrogen) atoms. The molecule has 0 unspecified atom stereocenters. The largest absolute Gasteiger partial charge is 0.288 e. The van der Waals surface area contributed by atoms with Crippen LogP contribution < -0.4 is 0 Å². The van der Waals surface area contributed by atoms with E-state index in [0.717, 1.165) is 15.4 Å². The maximum absolute atomic E-state index is 12.3. The molecule has 0 atom stereocenters. The zero-order chi connectivity index (χ0) is 17.3. The summed E-state index contributed by atoms with van der Waals surface area (Å²) in [4.78, 5) is 5.55. The Labute approximate surface area is 144 Å². The standard InChI is InChI=1S/C15H17N5O2S2/c1-10(2)11-4-6-12(7-5-11)14-16-13(8-23-14)9-24(21,22)15-17-19-20(3)18-15/h4-8,10H,9H2,1-3H3. The number of sulfone groups is 1. The maximum Gasteiger partial charge on any atom is 0.288 e. The second-order valence-electron chi connectivity index (χ2n) is 5.74. The highest BCUT2D eigenvalue weighted by molar-refractivity contribution is 7.90. The molecule has 126 valence electrons. The number of benzene rings is 1. The summed E-state index contributed by atoms with van der Waals surface area (Å²) in [6.45, 7) is 4.28. The van der Waals surface area contributed by atoms with Gasteiger partial charge in [-0.25, -0.2) is 13.4 Å². The van der Waals surface area contributed by atoms with Gasteiger partial charge in [-0.1, -0.05) is 43.2 Å². The molecule has 9 heteroatoms. The summed E-state index contributed by atoms with van der Waals surface area (Å²) >= 11 is 1.42. The molecule has 1 aromatic carbocycles. The fourth-order valence-electron chi connectivity index (χ4n) is 2.17. The SMILES string of the molecule is CC(C)c1ccc(-c2nc(CS(=O)(=O)c3nnn(C)n3)cs2)cc1. The van der Waals surface area contributed by atoms with Gasteiger partial charge in [0.05, 0.1) is 12.7 Å². The predicted molar refractivity (Wildman–Crippen MR) is 91.3 cm³/mol. The van der Waals surface area contributed by atoms with Crippen molar-refractivity contribution >= 4 is 21.2 Å². The number of nitrogens with zero attached hydrogens (tertiary/aromatic N) is 5. The quantitative estimate of drug-likeness (QED) is 0.691. The summed E-state index contributed by atoms with van der Waals surface area (Å²) in [5.41, 5.74) is 2.72. The number of hydrogen-bond acceptors (Lipinski definition) is 7. The van der Waals surface area contributed by atoms with Crippen molar-refractivity contribution in [3.05, 3.63) is 40.9 Å². The van der Waals surface area contributed by atoms with Crippen LogP contribution in [0.5, 0.6) is 0 Å². The Balaban J connectivity index is 1.80. The van der Waals surface area contributed by atoms with Crippen molar-refractivity contribution in [1.29, 1.82) is 0 Å². The number of thiazole rings is 1. The van der Waals surface area contributed by atoms with Crippen LogP contribution in [0.25, 0.3) is 10.6 Å². The van der Waals surface area contributed by atoms with Crippen molar-refractivity contribution in [2.24, 2.45) is 7.05 Å². The number of rotatable bonds is 5. The highest BCUT2D eigenvalue weighted by atomic mass is 32.2. The molecule has 2 heterocycles. The molecular weight excluding hydrogens is 346 g/mol. The van der Waals surface area contributed by atoms with Gasteiger partial charge < -0.3 is 0 Å². The molecule has 0 bridgehead atoms. The average Bonchev–Trinajstić information content (AvgIpc) is 3.16. The topological polar surface area (TPSA) is 90.6 Å². The minimum absolute atomic E-state index is 0.237. The summed E-state index contributed by atoms with van der Waals surface area (Å²) in [5, 5.41) is 13.1. The van der Waals surface area contributed by atoms with E-state index >= 15 is 0 Å². The molecule has 0 saturated carbocycles. The number of aromatic nitrogens is 5. The summed E-state index contributed by atoms with van der Waals surface area (Å²) in [7, 11) is -2.12. The number of hydrogen-bond donors (Lipinski definition) is 0. The van der Waals surface area contributed by atoms with Crippen LogP contribution in [0.4, 0.5) is 0 Å². The lowest BCUT2D eigenvalue weighted by atomic mass is 10.0. The Hall–Kier alpha value is -2.13. The lowest BCUT2D eigenvalue weighted by Crippen LogP contribution is -2.08. The van der Waals surface area contributed by atoms with Gasteiger partial charge in [-0.15, -0.1) is 16.4 Å². The van der Waals surface area contributed by atoms with Crippen molar-refractivity contribution in [3.63, 3.8) is 0 Å². The van der Waals surface area contributed by atoms with E-state index in [9.17, 15) is 8.42 Å². The summed E-state index contributed by atoms with van der Waals surface area (Å²) < 4.78 is 24.5.